The van der Waals surface area contributed by atoms with E-state index in [-0.39, 0.29) is 0 Å². The van der Waals surface area contributed by atoms with E-state index in [9.17, 15) is 0 Å². The third kappa shape index (κ3) is 5.66. The summed E-state index contributed by atoms with van der Waals surface area (Å²) in [5.41, 5.74) is 13.5. The molecule has 4 heteroatoms. The summed E-state index contributed by atoms with van der Waals surface area (Å²) in [5.74, 6) is 0.674. The molecule has 0 aliphatic heterocycles. The van der Waals surface area contributed by atoms with Gasteiger partial charge in [0.15, 0.2) is 5.82 Å². The highest BCUT2D eigenvalue weighted by molar-refractivity contribution is 6.25. The highest BCUT2D eigenvalue weighted by Crippen LogP contribution is 2.43. The van der Waals surface area contributed by atoms with Crippen LogP contribution in [-0.2, 0) is 0 Å². The van der Waals surface area contributed by atoms with Crippen LogP contribution in [-0.4, -0.2) is 19.5 Å². The van der Waals surface area contributed by atoms with Crippen molar-refractivity contribution in [3.8, 4) is 62.0 Å². The zero-order valence-electron chi connectivity index (χ0n) is 30.9. The number of hydrogen-bond acceptors (Lipinski definition) is 3. The minimum Gasteiger partial charge on any atom is -0.308 e. The Morgan fingerprint density at radius 3 is 1.60 bits per heavy atom. The molecule has 11 aromatic rings. The zero-order valence-corrected chi connectivity index (χ0v) is 30.9. The van der Waals surface area contributed by atoms with Gasteiger partial charge >= 0.3 is 0 Å². The zero-order chi connectivity index (χ0) is 37.7. The van der Waals surface area contributed by atoms with Gasteiger partial charge in [0.2, 0.25) is 0 Å². The van der Waals surface area contributed by atoms with Gasteiger partial charge < -0.3 is 4.57 Å². The maximum Gasteiger partial charge on any atom is 0.160 e. The lowest BCUT2D eigenvalue weighted by molar-refractivity contribution is 1.18. The Balaban J connectivity index is 1.09. The van der Waals surface area contributed by atoms with Gasteiger partial charge in [-0.05, 0) is 40.8 Å². The van der Waals surface area contributed by atoms with E-state index in [1.807, 2.05) is 12.1 Å². The van der Waals surface area contributed by atoms with Crippen LogP contribution in [0.25, 0.3) is 105 Å². The van der Waals surface area contributed by atoms with Gasteiger partial charge in [0, 0.05) is 49.5 Å². The van der Waals surface area contributed by atoms with Crippen LogP contribution in [0, 0.1) is 0 Å². The van der Waals surface area contributed by atoms with E-state index in [1.54, 1.807) is 0 Å². The topological polar surface area (TPSA) is 43.6 Å². The number of fused-ring (bicyclic) bond motifs is 7. The first kappa shape index (κ1) is 32.7. The normalized spacial score (nSPS) is 11.5. The predicted molar refractivity (Wildman–Crippen MR) is 236 cm³/mol. The van der Waals surface area contributed by atoms with Crippen LogP contribution in [0.15, 0.2) is 206 Å². The number of nitrogens with zero attached hydrogens (tertiary/aromatic N) is 4. The SMILES string of the molecule is c1ccc(-c2ccc(-c3cc(-c4ccccc4)nc(-c4ccc(-c5nc6c7ccccc7ccc6c6c5c5ccccc5n6-c5ccccc5)cc4)n3)cc2)cc1. The maximum atomic E-state index is 5.55. The Labute approximate surface area is 330 Å². The van der Waals surface area contributed by atoms with E-state index in [1.165, 1.54) is 21.9 Å². The Morgan fingerprint density at radius 2 is 0.877 bits per heavy atom. The molecule has 0 saturated carbocycles. The molecular weight excluding hydrogens is 693 g/mol. The number of benzene rings is 8. The fourth-order valence-corrected chi connectivity index (χ4v) is 8.25. The summed E-state index contributed by atoms with van der Waals surface area (Å²) < 4.78 is 2.40. The van der Waals surface area contributed by atoms with E-state index in [2.05, 4.69) is 199 Å². The molecule has 57 heavy (non-hydrogen) atoms. The average molecular weight is 727 g/mol. The van der Waals surface area contributed by atoms with Crippen molar-refractivity contribution < 1.29 is 0 Å². The van der Waals surface area contributed by atoms with E-state index >= 15 is 0 Å². The number of rotatable bonds is 6. The van der Waals surface area contributed by atoms with Crippen molar-refractivity contribution in [1.29, 1.82) is 0 Å². The first-order valence-electron chi connectivity index (χ1n) is 19.3. The Bertz CT molecular complexity index is 3240. The molecule has 0 amide bonds. The average Bonchev–Trinajstić information content (AvgIpc) is 3.65. The fraction of sp³-hybridized carbons (Fsp3) is 0. The molecule has 0 fully saturated rings. The third-order valence-electron chi connectivity index (χ3n) is 11.0. The fourth-order valence-electron chi connectivity index (χ4n) is 8.25. The molecule has 0 spiro atoms. The second-order valence-electron chi connectivity index (χ2n) is 14.4. The molecule has 4 nitrogen and oxygen atoms in total. The van der Waals surface area contributed by atoms with Gasteiger partial charge in [-0.25, -0.2) is 15.0 Å². The van der Waals surface area contributed by atoms with E-state index < -0.39 is 0 Å². The van der Waals surface area contributed by atoms with Crippen molar-refractivity contribution in [2.24, 2.45) is 0 Å². The maximum absolute atomic E-state index is 5.55. The van der Waals surface area contributed by atoms with Crippen LogP contribution in [0.5, 0.6) is 0 Å². The third-order valence-corrected chi connectivity index (χ3v) is 11.0. The van der Waals surface area contributed by atoms with Gasteiger partial charge in [-0.3, -0.25) is 0 Å². The van der Waals surface area contributed by atoms with Gasteiger partial charge in [0.25, 0.3) is 0 Å². The van der Waals surface area contributed by atoms with Crippen LogP contribution in [0.1, 0.15) is 0 Å². The second kappa shape index (κ2) is 13.6. The monoisotopic (exact) mass is 726 g/mol. The Kier molecular flexibility index (Phi) is 7.78. The molecule has 0 N–H and O–H groups in total. The van der Waals surface area contributed by atoms with Crippen LogP contribution in [0.3, 0.4) is 0 Å². The van der Waals surface area contributed by atoms with Crippen molar-refractivity contribution in [3.05, 3.63) is 206 Å². The summed E-state index contributed by atoms with van der Waals surface area (Å²) in [7, 11) is 0. The van der Waals surface area contributed by atoms with Gasteiger partial charge in [-0.1, -0.05) is 182 Å². The minimum atomic E-state index is 0.674. The smallest absolute Gasteiger partial charge is 0.160 e. The van der Waals surface area contributed by atoms with Crippen LogP contribution < -0.4 is 0 Å². The van der Waals surface area contributed by atoms with Gasteiger partial charge in [0.05, 0.1) is 33.6 Å². The largest absolute Gasteiger partial charge is 0.308 e. The standard InChI is InChI=1S/C53H34N4/c1-4-14-35(15-5-1)36-24-26-39(27-25-36)47-34-46(38-17-6-2-7-18-38)54-53(55-47)41-30-28-40(29-31-41)50-49-44-22-12-13-23-48(44)57(42-19-8-3-9-20-42)52(49)45-33-32-37-16-10-11-21-43(37)51(45)56-50/h1-34H. The summed E-state index contributed by atoms with van der Waals surface area (Å²) in [5, 5.41) is 5.73. The highest BCUT2D eigenvalue weighted by atomic mass is 15.0. The van der Waals surface area contributed by atoms with E-state index in [0.717, 1.165) is 77.7 Å². The second-order valence-corrected chi connectivity index (χ2v) is 14.4. The van der Waals surface area contributed by atoms with Crippen molar-refractivity contribution >= 4 is 43.5 Å². The van der Waals surface area contributed by atoms with E-state index in [4.69, 9.17) is 15.0 Å². The molecule has 266 valence electrons. The van der Waals surface area contributed by atoms with Crippen LogP contribution >= 0.6 is 0 Å². The van der Waals surface area contributed by atoms with Crippen LogP contribution in [0.2, 0.25) is 0 Å². The van der Waals surface area contributed by atoms with E-state index in [0.29, 0.717) is 5.82 Å². The summed E-state index contributed by atoms with van der Waals surface area (Å²) >= 11 is 0. The highest BCUT2D eigenvalue weighted by Gasteiger charge is 2.22. The molecule has 3 heterocycles. The molecule has 0 radical (unpaired) electrons. The lowest BCUT2D eigenvalue weighted by Crippen LogP contribution is -1.97. The summed E-state index contributed by atoms with van der Waals surface area (Å²) in [6.07, 6.45) is 0. The summed E-state index contributed by atoms with van der Waals surface area (Å²) in [6.45, 7) is 0. The minimum absolute atomic E-state index is 0.674. The van der Waals surface area contributed by atoms with Crippen molar-refractivity contribution in [2.75, 3.05) is 0 Å². The first-order valence-corrected chi connectivity index (χ1v) is 19.3. The number of pyridine rings is 1. The summed E-state index contributed by atoms with van der Waals surface area (Å²) in [4.78, 5) is 15.9. The summed E-state index contributed by atoms with van der Waals surface area (Å²) in [6, 6.07) is 72.5. The molecule has 0 aliphatic rings. The van der Waals surface area contributed by atoms with Crippen molar-refractivity contribution in [2.45, 2.75) is 0 Å². The lowest BCUT2D eigenvalue weighted by Gasteiger charge is -2.14. The molecule has 3 aromatic heterocycles. The number of hydrogen-bond donors (Lipinski definition) is 0. The Morgan fingerprint density at radius 1 is 0.351 bits per heavy atom. The van der Waals surface area contributed by atoms with Gasteiger partial charge in [-0.15, -0.1) is 0 Å². The van der Waals surface area contributed by atoms with Gasteiger partial charge in [0.1, 0.15) is 0 Å². The number of aromatic nitrogens is 4. The number of para-hydroxylation sites is 2. The molecule has 0 atom stereocenters. The molecule has 11 rings (SSSR count). The molecule has 0 unspecified atom stereocenters. The van der Waals surface area contributed by atoms with Crippen molar-refractivity contribution in [1.82, 2.24) is 19.5 Å². The molecule has 0 aliphatic carbocycles. The molecule has 8 aromatic carbocycles. The molecular formula is C53H34N4. The van der Waals surface area contributed by atoms with Gasteiger partial charge in [-0.2, -0.15) is 0 Å². The molecule has 0 bridgehead atoms. The lowest BCUT2D eigenvalue weighted by atomic mass is 9.99. The first-order chi connectivity index (χ1) is 28.3. The Hall–Kier alpha value is -7.69. The van der Waals surface area contributed by atoms with Crippen LogP contribution in [0.4, 0.5) is 0 Å². The predicted octanol–water partition coefficient (Wildman–Crippen LogP) is 13.6. The quantitative estimate of drug-likeness (QED) is 0.160. The van der Waals surface area contributed by atoms with Crippen molar-refractivity contribution in [3.63, 3.8) is 0 Å². The molecule has 0 saturated heterocycles.